The Balaban J connectivity index is 0. The molecule has 0 aromatic rings. The minimum atomic E-state index is -0.769. The summed E-state index contributed by atoms with van der Waals surface area (Å²) < 4.78 is 10.3. The van der Waals surface area contributed by atoms with Gasteiger partial charge in [0, 0.05) is 57.2 Å². The van der Waals surface area contributed by atoms with Crippen molar-refractivity contribution in [3.05, 3.63) is 0 Å². The van der Waals surface area contributed by atoms with E-state index in [1.807, 2.05) is 0 Å². The van der Waals surface area contributed by atoms with Gasteiger partial charge in [-0.1, -0.05) is 26.7 Å². The third kappa shape index (κ3) is 20.5. The van der Waals surface area contributed by atoms with Crippen molar-refractivity contribution in [1.82, 2.24) is 5.32 Å². The quantitative estimate of drug-likeness (QED) is 0.291. The number of aliphatic hydroxyl groups is 1. The molecule has 7 heteroatoms. The summed E-state index contributed by atoms with van der Waals surface area (Å²) in [5.74, 6) is 0.663. The number of carbonyl (C=O) groups excluding carboxylic acids is 1. The van der Waals surface area contributed by atoms with Crippen LogP contribution in [0.25, 0.3) is 0 Å². The molecule has 1 atom stereocenters. The molecule has 0 aliphatic heterocycles. The fraction of sp³-hybridized carbons (Fsp3) is 0.938. The van der Waals surface area contributed by atoms with Crippen LogP contribution in [0, 0.1) is 50.0 Å². The van der Waals surface area contributed by atoms with Crippen molar-refractivity contribution in [2.45, 2.75) is 58.5 Å². The molecule has 0 rings (SSSR count). The monoisotopic (exact) mass is 545 g/mol. The minimum absolute atomic E-state index is 0. The van der Waals surface area contributed by atoms with Crippen LogP contribution in [0.2, 0.25) is 0 Å². The predicted molar refractivity (Wildman–Crippen MR) is 87.8 cm³/mol. The average molecular weight is 545 g/mol. The van der Waals surface area contributed by atoms with Gasteiger partial charge < -0.3 is 25.6 Å². The van der Waals surface area contributed by atoms with E-state index in [2.05, 4.69) is 19.2 Å². The van der Waals surface area contributed by atoms with E-state index in [0.717, 1.165) is 38.5 Å². The van der Waals surface area contributed by atoms with E-state index in [-0.39, 0.29) is 57.3 Å². The fourth-order valence-corrected chi connectivity index (χ4v) is 1.90. The van der Waals surface area contributed by atoms with Crippen LogP contribution < -0.4 is 11.1 Å². The van der Waals surface area contributed by atoms with Crippen LogP contribution in [0.5, 0.6) is 0 Å². The third-order valence-corrected chi connectivity index (χ3v) is 3.19. The zero-order chi connectivity index (χ0) is 16.6. The zero-order valence-corrected chi connectivity index (χ0v) is 19.5. The summed E-state index contributed by atoms with van der Waals surface area (Å²) in [6.45, 7) is 6.43. The first kappa shape index (κ1) is 25.8. The van der Waals surface area contributed by atoms with Gasteiger partial charge in [0.15, 0.2) is 0 Å². The Kier molecular flexibility index (Phi) is 21.2. The number of carbonyl (C=O) groups is 1. The van der Waals surface area contributed by atoms with Crippen LogP contribution in [0.1, 0.15) is 52.4 Å². The summed E-state index contributed by atoms with van der Waals surface area (Å²) >= 11 is 0. The molecule has 0 heterocycles. The first-order valence-electron chi connectivity index (χ1n) is 8.42. The van der Waals surface area contributed by atoms with Gasteiger partial charge in [-0.15, -0.1) is 0 Å². The first-order chi connectivity index (χ1) is 10.6. The zero-order valence-electron chi connectivity index (χ0n) is 14.8. The number of rotatable bonds is 14. The van der Waals surface area contributed by atoms with Crippen LogP contribution in [-0.4, -0.2) is 50.2 Å². The number of aliphatic hydroxyl groups excluding tert-OH is 1. The average Bonchev–Trinajstić information content (AvgIpc) is 2.48. The van der Waals surface area contributed by atoms with E-state index in [4.69, 9.17) is 15.2 Å². The number of amides is 1. The molecule has 4 N–H and O–H groups in total. The molecular weight excluding hydrogens is 511 g/mol. The Morgan fingerprint density at radius 2 is 1.83 bits per heavy atom. The standard InChI is InChI=1S/C16H34N2O4.Ac/c1-14(2)8-7-11-21-12-15(19)13-22-16(20)18-10-6-4-3-5-9-17;/h14-15,19H,3-13,17H2,1-2H3,(H,18,20);. The Morgan fingerprint density at radius 1 is 1.13 bits per heavy atom. The first-order valence-corrected chi connectivity index (χ1v) is 8.42. The Labute approximate surface area is 176 Å². The summed E-state index contributed by atoms with van der Waals surface area (Å²) in [5, 5.41) is 12.3. The smallest absolute Gasteiger partial charge is 0.407 e. The van der Waals surface area contributed by atoms with Crippen LogP contribution >= 0.6 is 0 Å². The second-order valence-corrected chi connectivity index (χ2v) is 5.99. The number of unbranched alkanes of at least 4 members (excludes halogenated alkanes) is 3. The van der Waals surface area contributed by atoms with E-state index < -0.39 is 12.2 Å². The van der Waals surface area contributed by atoms with E-state index in [1.54, 1.807) is 0 Å². The van der Waals surface area contributed by atoms with Gasteiger partial charge in [0.2, 0.25) is 0 Å². The minimum Gasteiger partial charge on any atom is -0.447 e. The topological polar surface area (TPSA) is 93.8 Å². The molecule has 135 valence electrons. The molecule has 6 nitrogen and oxygen atoms in total. The third-order valence-electron chi connectivity index (χ3n) is 3.19. The molecule has 23 heavy (non-hydrogen) atoms. The Hall–Kier alpha value is 0.592. The SMILES string of the molecule is CC(C)CCCOCC(O)COC(=O)NCCCCCCN.[Ac]. The Bertz CT molecular complexity index is 268. The molecule has 0 bridgehead atoms. The molecule has 0 aliphatic rings. The van der Waals surface area contributed by atoms with Crippen molar-refractivity contribution >= 4 is 6.09 Å². The van der Waals surface area contributed by atoms with Crippen molar-refractivity contribution in [3.8, 4) is 0 Å². The number of alkyl carbamates (subject to hydrolysis) is 1. The van der Waals surface area contributed by atoms with Crippen LogP contribution in [0.3, 0.4) is 0 Å². The second-order valence-electron chi connectivity index (χ2n) is 5.99. The van der Waals surface area contributed by atoms with Gasteiger partial charge in [0.25, 0.3) is 0 Å². The number of nitrogens with two attached hydrogens (primary N) is 1. The number of ether oxygens (including phenoxy) is 2. The molecule has 0 saturated carbocycles. The second kappa shape index (κ2) is 18.9. The number of nitrogens with one attached hydrogen (secondary N) is 1. The van der Waals surface area contributed by atoms with Gasteiger partial charge in [0.05, 0.1) is 6.61 Å². The van der Waals surface area contributed by atoms with Gasteiger partial charge in [-0.3, -0.25) is 0 Å². The van der Waals surface area contributed by atoms with Gasteiger partial charge in [-0.05, 0) is 38.1 Å². The van der Waals surface area contributed by atoms with Crippen LogP contribution in [-0.2, 0) is 9.47 Å². The predicted octanol–water partition coefficient (Wildman–Crippen LogP) is 2.05. The van der Waals surface area contributed by atoms with E-state index >= 15 is 0 Å². The molecule has 1 amide bonds. The van der Waals surface area contributed by atoms with Gasteiger partial charge in [-0.2, -0.15) is 0 Å². The van der Waals surface area contributed by atoms with Gasteiger partial charge in [0.1, 0.15) is 12.7 Å². The van der Waals surface area contributed by atoms with E-state index in [0.29, 0.717) is 25.6 Å². The summed E-state index contributed by atoms with van der Waals surface area (Å²) in [5.41, 5.74) is 5.40. The van der Waals surface area contributed by atoms with Gasteiger partial charge in [-0.25, -0.2) is 4.79 Å². The molecule has 0 fully saturated rings. The molecule has 0 aliphatic carbocycles. The summed E-state index contributed by atoms with van der Waals surface area (Å²) in [7, 11) is 0. The van der Waals surface area contributed by atoms with Crippen molar-refractivity contribution in [2.24, 2.45) is 11.7 Å². The Morgan fingerprint density at radius 3 is 2.48 bits per heavy atom. The van der Waals surface area contributed by atoms with E-state index in [9.17, 15) is 9.90 Å². The van der Waals surface area contributed by atoms with Gasteiger partial charge >= 0.3 is 6.09 Å². The summed E-state index contributed by atoms with van der Waals surface area (Å²) in [6, 6.07) is 0. The van der Waals surface area contributed by atoms with Crippen LogP contribution in [0.15, 0.2) is 0 Å². The largest absolute Gasteiger partial charge is 0.447 e. The molecule has 0 aromatic carbocycles. The summed E-state index contributed by atoms with van der Waals surface area (Å²) in [4.78, 5) is 11.4. The molecule has 0 aromatic heterocycles. The maximum atomic E-state index is 11.4. The fourth-order valence-electron chi connectivity index (χ4n) is 1.90. The van der Waals surface area contributed by atoms with Crippen molar-refractivity contribution in [3.63, 3.8) is 0 Å². The summed E-state index contributed by atoms with van der Waals surface area (Å²) in [6.07, 6.45) is 4.90. The maximum Gasteiger partial charge on any atom is 0.407 e. The van der Waals surface area contributed by atoms with Crippen molar-refractivity contribution in [2.75, 3.05) is 32.9 Å². The number of hydrogen-bond acceptors (Lipinski definition) is 5. The molecule has 1 unspecified atom stereocenters. The maximum absolute atomic E-state index is 11.4. The van der Waals surface area contributed by atoms with Crippen LogP contribution in [0.4, 0.5) is 4.79 Å². The molecule has 0 spiro atoms. The van der Waals surface area contributed by atoms with Crippen molar-refractivity contribution < 1.29 is 63.4 Å². The number of hydrogen-bond donors (Lipinski definition) is 3. The van der Waals surface area contributed by atoms with E-state index in [1.165, 1.54) is 0 Å². The normalized spacial score (nSPS) is 11.9. The molecule has 0 saturated heterocycles. The molecule has 1 radical (unpaired) electrons. The molecular formula is C16H34AcN2O4. The van der Waals surface area contributed by atoms with Crippen molar-refractivity contribution in [1.29, 1.82) is 0 Å².